The quantitative estimate of drug-likeness (QED) is 0.745. The van der Waals surface area contributed by atoms with E-state index in [-0.39, 0.29) is 18.2 Å². The van der Waals surface area contributed by atoms with Crippen LogP contribution in [0.5, 0.6) is 5.75 Å². The summed E-state index contributed by atoms with van der Waals surface area (Å²) in [5.41, 5.74) is 1.78. The molecule has 2 aliphatic heterocycles. The standard InChI is InChI=1S/C24H25ClN4O3/c25-19-14-18(9-8-17(19)15-26)27-23(30)10-13-29-16-22(24(31)28-11-4-1-5-12-28)32-21-7-3-2-6-20(21)29/h2-3,6-9,14,22H,1,4-5,10-13,16H2,(H,27,30). The number of benzene rings is 2. The number of amides is 2. The third kappa shape index (κ3) is 4.97. The van der Waals surface area contributed by atoms with Crippen molar-refractivity contribution in [3.05, 3.63) is 53.1 Å². The number of likely N-dealkylation sites (tertiary alicyclic amines) is 1. The van der Waals surface area contributed by atoms with Crippen LogP contribution in [-0.4, -0.2) is 49.0 Å². The van der Waals surface area contributed by atoms with Gasteiger partial charge in [0, 0.05) is 31.7 Å². The lowest BCUT2D eigenvalue weighted by Crippen LogP contribution is -2.51. The maximum atomic E-state index is 13.0. The Kier molecular flexibility index (Phi) is 6.81. The van der Waals surface area contributed by atoms with Crippen LogP contribution in [-0.2, 0) is 9.59 Å². The van der Waals surface area contributed by atoms with Crippen LogP contribution in [0.1, 0.15) is 31.2 Å². The molecule has 32 heavy (non-hydrogen) atoms. The summed E-state index contributed by atoms with van der Waals surface area (Å²) < 4.78 is 6.04. The fourth-order valence-corrected chi connectivity index (χ4v) is 4.33. The molecule has 166 valence electrons. The summed E-state index contributed by atoms with van der Waals surface area (Å²) in [6, 6.07) is 14.4. The first-order valence-corrected chi connectivity index (χ1v) is 11.2. The van der Waals surface area contributed by atoms with Gasteiger partial charge in [-0.25, -0.2) is 0 Å². The SMILES string of the molecule is N#Cc1ccc(NC(=O)CCN2CC(C(=O)N3CCCCC3)Oc3ccccc32)cc1Cl. The van der Waals surface area contributed by atoms with Crippen LogP contribution in [0.25, 0.3) is 0 Å². The first-order valence-electron chi connectivity index (χ1n) is 10.8. The van der Waals surface area contributed by atoms with Gasteiger partial charge in [0.05, 0.1) is 22.8 Å². The zero-order chi connectivity index (χ0) is 22.5. The molecule has 0 saturated carbocycles. The second kappa shape index (κ2) is 9.92. The maximum absolute atomic E-state index is 13.0. The van der Waals surface area contributed by atoms with Crippen molar-refractivity contribution in [3.8, 4) is 11.8 Å². The van der Waals surface area contributed by atoms with E-state index in [2.05, 4.69) is 5.32 Å². The second-order valence-electron chi connectivity index (χ2n) is 8.01. The zero-order valence-electron chi connectivity index (χ0n) is 17.7. The fourth-order valence-electron chi connectivity index (χ4n) is 4.11. The van der Waals surface area contributed by atoms with Crippen LogP contribution in [0.15, 0.2) is 42.5 Å². The minimum Gasteiger partial charge on any atom is -0.477 e. The average Bonchev–Trinajstić information content (AvgIpc) is 2.82. The van der Waals surface area contributed by atoms with E-state index in [1.54, 1.807) is 18.2 Å². The van der Waals surface area contributed by atoms with Gasteiger partial charge in [0.25, 0.3) is 5.91 Å². The lowest BCUT2D eigenvalue weighted by molar-refractivity contribution is -0.139. The van der Waals surface area contributed by atoms with E-state index in [1.807, 2.05) is 40.1 Å². The third-order valence-corrected chi connectivity index (χ3v) is 6.10. The highest BCUT2D eigenvalue weighted by Gasteiger charge is 2.33. The number of nitrogens with one attached hydrogen (secondary N) is 1. The van der Waals surface area contributed by atoms with Crippen LogP contribution < -0.4 is 15.0 Å². The topological polar surface area (TPSA) is 85.7 Å². The van der Waals surface area contributed by atoms with Gasteiger partial charge in [-0.2, -0.15) is 5.26 Å². The van der Waals surface area contributed by atoms with E-state index in [1.165, 1.54) is 0 Å². The largest absolute Gasteiger partial charge is 0.477 e. The Morgan fingerprint density at radius 2 is 1.94 bits per heavy atom. The minimum atomic E-state index is -0.580. The Bertz CT molecular complexity index is 1050. The minimum absolute atomic E-state index is 0.0147. The molecule has 2 aromatic carbocycles. The number of carbonyl (C=O) groups is 2. The normalized spacial score (nSPS) is 17.7. The number of anilines is 2. The molecule has 2 heterocycles. The van der Waals surface area contributed by atoms with Crippen LogP contribution in [0, 0.1) is 11.3 Å². The zero-order valence-corrected chi connectivity index (χ0v) is 18.5. The number of fused-ring (bicyclic) bond motifs is 1. The Morgan fingerprint density at radius 3 is 2.69 bits per heavy atom. The van der Waals surface area contributed by atoms with E-state index in [9.17, 15) is 9.59 Å². The van der Waals surface area contributed by atoms with E-state index < -0.39 is 6.10 Å². The molecular formula is C24H25ClN4O3. The highest BCUT2D eigenvalue weighted by molar-refractivity contribution is 6.32. The predicted octanol–water partition coefficient (Wildman–Crippen LogP) is 3.82. The van der Waals surface area contributed by atoms with E-state index in [0.29, 0.717) is 35.1 Å². The van der Waals surface area contributed by atoms with E-state index in [0.717, 1.165) is 38.0 Å². The van der Waals surface area contributed by atoms with Gasteiger partial charge in [-0.05, 0) is 49.6 Å². The molecule has 1 saturated heterocycles. The summed E-state index contributed by atoms with van der Waals surface area (Å²) in [4.78, 5) is 29.5. The number of rotatable bonds is 5. The summed E-state index contributed by atoms with van der Waals surface area (Å²) in [7, 11) is 0. The van der Waals surface area contributed by atoms with Gasteiger partial charge >= 0.3 is 0 Å². The Hall–Kier alpha value is -3.24. The molecule has 0 bridgehead atoms. The molecule has 2 aromatic rings. The number of nitrogens with zero attached hydrogens (tertiary/aromatic N) is 3. The molecule has 8 heteroatoms. The van der Waals surface area contributed by atoms with Crippen molar-refractivity contribution < 1.29 is 14.3 Å². The van der Waals surface area contributed by atoms with E-state index >= 15 is 0 Å². The average molecular weight is 453 g/mol. The van der Waals surface area contributed by atoms with Crippen molar-refractivity contribution in [2.24, 2.45) is 0 Å². The fraction of sp³-hybridized carbons (Fsp3) is 0.375. The molecule has 4 rings (SSSR count). The maximum Gasteiger partial charge on any atom is 0.265 e. The second-order valence-corrected chi connectivity index (χ2v) is 8.42. The van der Waals surface area contributed by atoms with Gasteiger partial charge in [0.15, 0.2) is 6.10 Å². The van der Waals surface area contributed by atoms with Crippen LogP contribution in [0.3, 0.4) is 0 Å². The molecule has 1 N–H and O–H groups in total. The number of piperidine rings is 1. The molecule has 0 spiro atoms. The third-order valence-electron chi connectivity index (χ3n) is 5.79. The van der Waals surface area contributed by atoms with Crippen molar-refractivity contribution >= 4 is 34.8 Å². The van der Waals surface area contributed by atoms with Crippen LogP contribution in [0.4, 0.5) is 11.4 Å². The molecule has 1 fully saturated rings. The van der Waals surface area contributed by atoms with Crippen LogP contribution >= 0.6 is 11.6 Å². The smallest absolute Gasteiger partial charge is 0.265 e. The number of carbonyl (C=O) groups excluding carboxylic acids is 2. The van der Waals surface area contributed by atoms with Gasteiger partial charge in [-0.15, -0.1) is 0 Å². The molecule has 2 aliphatic rings. The van der Waals surface area contributed by atoms with Crippen molar-refractivity contribution in [3.63, 3.8) is 0 Å². The van der Waals surface area contributed by atoms with Gasteiger partial charge < -0.3 is 19.9 Å². The Balaban J connectivity index is 1.41. The van der Waals surface area contributed by atoms with Gasteiger partial charge in [0.2, 0.25) is 5.91 Å². The summed E-state index contributed by atoms with van der Waals surface area (Å²) in [6.07, 6.45) is 2.86. The van der Waals surface area contributed by atoms with Crippen molar-refractivity contribution in [2.75, 3.05) is 36.4 Å². The molecule has 2 amide bonds. The first kappa shape index (κ1) is 22.0. The molecule has 0 radical (unpaired) electrons. The molecule has 7 nitrogen and oxygen atoms in total. The van der Waals surface area contributed by atoms with Gasteiger partial charge in [0.1, 0.15) is 11.8 Å². The lowest BCUT2D eigenvalue weighted by Gasteiger charge is -2.38. The molecule has 0 aliphatic carbocycles. The highest BCUT2D eigenvalue weighted by atomic mass is 35.5. The van der Waals surface area contributed by atoms with Crippen LogP contribution in [0.2, 0.25) is 5.02 Å². The summed E-state index contributed by atoms with van der Waals surface area (Å²) >= 11 is 6.05. The molecule has 0 aromatic heterocycles. The first-order chi connectivity index (χ1) is 15.5. The molecule has 1 atom stereocenters. The lowest BCUT2D eigenvalue weighted by atomic mass is 10.1. The summed E-state index contributed by atoms with van der Waals surface area (Å²) in [5, 5.41) is 12.1. The monoisotopic (exact) mass is 452 g/mol. The summed E-state index contributed by atoms with van der Waals surface area (Å²) in [5.74, 6) is 0.503. The van der Waals surface area contributed by atoms with Crippen molar-refractivity contribution in [1.29, 1.82) is 5.26 Å². The number of hydrogen-bond acceptors (Lipinski definition) is 5. The van der Waals surface area contributed by atoms with E-state index in [4.69, 9.17) is 21.6 Å². The number of para-hydroxylation sites is 2. The molecule has 1 unspecified atom stereocenters. The van der Waals surface area contributed by atoms with Gasteiger partial charge in [-0.1, -0.05) is 23.7 Å². The molecular weight excluding hydrogens is 428 g/mol. The number of halogens is 1. The summed E-state index contributed by atoms with van der Waals surface area (Å²) in [6.45, 7) is 2.40. The number of hydrogen-bond donors (Lipinski definition) is 1. The van der Waals surface area contributed by atoms with Crippen molar-refractivity contribution in [1.82, 2.24) is 4.90 Å². The number of nitriles is 1. The Morgan fingerprint density at radius 1 is 1.16 bits per heavy atom. The predicted molar refractivity (Wildman–Crippen MR) is 123 cm³/mol. The number of ether oxygens (including phenoxy) is 1. The highest BCUT2D eigenvalue weighted by Crippen LogP contribution is 2.34. The Labute approximate surface area is 192 Å². The van der Waals surface area contributed by atoms with Gasteiger partial charge in [-0.3, -0.25) is 9.59 Å². The van der Waals surface area contributed by atoms with Crippen molar-refractivity contribution in [2.45, 2.75) is 31.8 Å².